The van der Waals surface area contributed by atoms with Gasteiger partial charge in [0.05, 0.1) is 0 Å². The SMILES string of the molecule is CCCCCCCCCCCC(=O)C(CCC(=O)NC(CCC(=O)O)(CCC(=O)O)CCC(=O)O)(CCC(=O)NC(CCC(=O)O)(CCC(=O)O)CCC(=O)O)CCC(=O)NC(CCC(=O)O)(CCC(=O)O)CCC(=O)O. The Morgan fingerprint density at radius 3 is 0.649 bits per heavy atom. The van der Waals surface area contributed by atoms with Gasteiger partial charge in [0.2, 0.25) is 17.7 Å². The normalized spacial score (nSPS) is 11.8. The van der Waals surface area contributed by atoms with E-state index in [1.54, 1.807) is 0 Å². The van der Waals surface area contributed by atoms with E-state index in [1.165, 1.54) is 0 Å². The largest absolute Gasteiger partial charge is 0.481 e. The smallest absolute Gasteiger partial charge is 0.303 e. The van der Waals surface area contributed by atoms with Crippen LogP contribution in [0.1, 0.15) is 225 Å². The molecule has 3 amide bonds. The summed E-state index contributed by atoms with van der Waals surface area (Å²) in [6, 6.07) is 0. The summed E-state index contributed by atoms with van der Waals surface area (Å²) < 4.78 is 0. The van der Waals surface area contributed by atoms with Crippen molar-refractivity contribution in [3.05, 3.63) is 0 Å². The molecule has 0 aliphatic heterocycles. The van der Waals surface area contributed by atoms with Crippen molar-refractivity contribution in [3.63, 3.8) is 0 Å². The van der Waals surface area contributed by atoms with Crippen molar-refractivity contribution < 1.29 is 108 Å². The number of Topliss-reactive ketones (excluding diaryl/α,β-unsaturated/α-hetero) is 1. The third-order valence-corrected chi connectivity index (χ3v) is 14.2. The minimum Gasteiger partial charge on any atom is -0.481 e. The Balaban J connectivity index is 7.81. The lowest BCUT2D eigenvalue weighted by Crippen LogP contribution is -2.51. The highest BCUT2D eigenvalue weighted by Crippen LogP contribution is 2.40. The van der Waals surface area contributed by atoms with Crippen LogP contribution in [0.25, 0.3) is 0 Å². The molecule has 0 spiro atoms. The molecular formula is C52H83N3O22. The summed E-state index contributed by atoms with van der Waals surface area (Å²) >= 11 is 0. The highest BCUT2D eigenvalue weighted by atomic mass is 16.4. The molecule has 77 heavy (non-hydrogen) atoms. The molecule has 0 bridgehead atoms. The molecule has 0 aliphatic carbocycles. The number of nitrogens with one attached hydrogen (secondary N) is 3. The Morgan fingerprint density at radius 1 is 0.260 bits per heavy atom. The monoisotopic (exact) mass is 1100 g/mol. The maximum absolute atomic E-state index is 15.0. The number of rotatable bonds is 50. The van der Waals surface area contributed by atoms with E-state index in [2.05, 4.69) is 22.9 Å². The van der Waals surface area contributed by atoms with Crippen molar-refractivity contribution >= 4 is 77.2 Å². The molecule has 0 heterocycles. The minimum atomic E-state index is -1.84. The molecule has 0 aliphatic rings. The second-order valence-electron chi connectivity index (χ2n) is 20.3. The second kappa shape index (κ2) is 37.1. The number of carbonyl (C=O) groups excluding carboxylic acids is 4. The van der Waals surface area contributed by atoms with Crippen LogP contribution in [0.15, 0.2) is 0 Å². The highest BCUT2D eigenvalue weighted by molar-refractivity contribution is 5.88. The van der Waals surface area contributed by atoms with Crippen LogP contribution in [0.5, 0.6) is 0 Å². The summed E-state index contributed by atoms with van der Waals surface area (Å²) in [7, 11) is 0. The molecule has 25 nitrogen and oxygen atoms in total. The van der Waals surface area contributed by atoms with E-state index in [0.717, 1.165) is 44.9 Å². The molecule has 0 unspecified atom stereocenters. The van der Waals surface area contributed by atoms with Crippen LogP contribution < -0.4 is 16.0 Å². The van der Waals surface area contributed by atoms with Gasteiger partial charge >= 0.3 is 53.7 Å². The Bertz CT molecular complexity index is 1670. The van der Waals surface area contributed by atoms with Crippen LogP contribution in [0, 0.1) is 5.41 Å². The minimum absolute atomic E-state index is 0.167. The van der Waals surface area contributed by atoms with Crippen molar-refractivity contribution in [3.8, 4) is 0 Å². The van der Waals surface area contributed by atoms with Crippen molar-refractivity contribution in [2.75, 3.05) is 0 Å². The fourth-order valence-electron chi connectivity index (χ4n) is 9.59. The van der Waals surface area contributed by atoms with Gasteiger partial charge in [-0.25, -0.2) is 0 Å². The fraction of sp³-hybridized carbons (Fsp3) is 0.750. The molecule has 12 N–H and O–H groups in total. The number of carboxylic acids is 9. The first kappa shape index (κ1) is 70.3. The van der Waals surface area contributed by atoms with E-state index in [0.29, 0.717) is 12.8 Å². The number of unbranched alkanes of at least 4 members (excludes halogenated alkanes) is 8. The first-order valence-corrected chi connectivity index (χ1v) is 26.5. The highest BCUT2D eigenvalue weighted by Gasteiger charge is 2.42. The summed E-state index contributed by atoms with van der Waals surface area (Å²) in [6.07, 6.45) is -5.03. The number of hydrogen-bond donors (Lipinski definition) is 12. The average molecular weight is 1100 g/mol. The van der Waals surface area contributed by atoms with Gasteiger partial charge in [0.1, 0.15) is 5.78 Å². The summed E-state index contributed by atoms with van der Waals surface area (Å²) in [5.41, 5.74) is -6.95. The Hall–Kier alpha value is -6.69. The van der Waals surface area contributed by atoms with Gasteiger partial charge in [0.25, 0.3) is 0 Å². The first-order chi connectivity index (χ1) is 36.0. The number of hydrogen-bond acceptors (Lipinski definition) is 13. The molecule has 0 aromatic carbocycles. The lowest BCUT2D eigenvalue weighted by molar-refractivity contribution is -0.141. The summed E-state index contributed by atoms with van der Waals surface area (Å²) in [5.74, 6) is -15.3. The van der Waals surface area contributed by atoms with Crippen LogP contribution in [-0.2, 0) is 62.3 Å². The van der Waals surface area contributed by atoms with Crippen LogP contribution in [0.3, 0.4) is 0 Å². The predicted molar refractivity (Wildman–Crippen MR) is 271 cm³/mol. The molecule has 0 rings (SSSR count). The number of aliphatic carboxylic acids is 9. The Morgan fingerprint density at radius 2 is 0.455 bits per heavy atom. The van der Waals surface area contributed by atoms with Crippen molar-refractivity contribution in [2.24, 2.45) is 5.41 Å². The molecular weight excluding hydrogens is 1020 g/mol. The molecule has 438 valence electrons. The molecule has 0 saturated heterocycles. The zero-order valence-electron chi connectivity index (χ0n) is 44.4. The van der Waals surface area contributed by atoms with Crippen LogP contribution in [0.4, 0.5) is 0 Å². The van der Waals surface area contributed by atoms with Crippen molar-refractivity contribution in [1.29, 1.82) is 0 Å². The molecule has 25 heteroatoms. The van der Waals surface area contributed by atoms with Crippen LogP contribution >= 0.6 is 0 Å². The lowest BCUT2D eigenvalue weighted by atomic mass is 9.70. The quantitative estimate of drug-likeness (QED) is 0.0304. The van der Waals surface area contributed by atoms with E-state index < -0.39 is 253 Å². The Labute approximate surface area is 447 Å². The molecule has 0 fully saturated rings. The zero-order valence-corrected chi connectivity index (χ0v) is 44.4. The summed E-state index contributed by atoms with van der Waals surface area (Å²) in [5, 5.41) is 94.0. The van der Waals surface area contributed by atoms with Gasteiger partial charge in [0, 0.05) is 106 Å². The fourth-order valence-corrected chi connectivity index (χ4v) is 9.59. The van der Waals surface area contributed by atoms with Gasteiger partial charge in [-0.1, -0.05) is 58.3 Å². The molecule has 0 atom stereocenters. The number of carbonyl (C=O) groups is 13. The maximum atomic E-state index is 15.0. The van der Waals surface area contributed by atoms with Gasteiger partial charge in [0.15, 0.2) is 0 Å². The predicted octanol–water partition coefficient (Wildman–Crippen LogP) is 6.15. The molecule has 0 radical (unpaired) electrons. The van der Waals surface area contributed by atoms with E-state index in [9.17, 15) is 108 Å². The summed E-state index contributed by atoms with van der Waals surface area (Å²) in [4.78, 5) is 163. The second-order valence-corrected chi connectivity index (χ2v) is 20.3. The number of ketones is 1. The lowest BCUT2D eigenvalue weighted by Gasteiger charge is -2.38. The van der Waals surface area contributed by atoms with E-state index in [1.807, 2.05) is 0 Å². The van der Waals surface area contributed by atoms with E-state index in [4.69, 9.17) is 0 Å². The van der Waals surface area contributed by atoms with E-state index >= 15 is 0 Å². The standard InChI is InChI=1S/C52H83N3O22/c1-2-3-4-5-6-7-8-9-10-11-36(56)49(24-12-37(57)53-50(27-15-40(60)61,28-16-41(62)63)29-17-42(64)65,25-13-38(58)54-51(30-18-43(66)67,31-19-44(68)69)32-20-45(70)71)26-14-39(59)55-52(33-21-46(72)73,34-22-47(74)75)35-23-48(76)77/h2-35H2,1H3,(H,53,57)(H,54,58)(H,55,59)(H,60,61)(H,62,63)(H,64,65)(H,66,67)(H,68,69)(H,70,71)(H,72,73)(H,74,75)(H,76,77). The molecule has 0 saturated carbocycles. The maximum Gasteiger partial charge on any atom is 0.303 e. The number of carboxylic acid groups (broad SMARTS) is 9. The average Bonchev–Trinajstić information content (AvgIpc) is 3.34. The Kier molecular flexibility index (Phi) is 33.9. The van der Waals surface area contributed by atoms with Crippen LogP contribution in [-0.4, -0.2) is 140 Å². The topological polar surface area (TPSA) is 440 Å². The van der Waals surface area contributed by atoms with Crippen molar-refractivity contribution in [1.82, 2.24) is 16.0 Å². The van der Waals surface area contributed by atoms with Gasteiger partial charge in [-0.2, -0.15) is 0 Å². The zero-order chi connectivity index (χ0) is 58.7. The third-order valence-electron chi connectivity index (χ3n) is 14.2. The van der Waals surface area contributed by atoms with Gasteiger partial charge in [-0.3, -0.25) is 62.3 Å². The van der Waals surface area contributed by atoms with E-state index in [-0.39, 0.29) is 6.42 Å². The van der Waals surface area contributed by atoms with Gasteiger partial charge < -0.3 is 61.9 Å². The summed E-state index contributed by atoms with van der Waals surface area (Å²) in [6.45, 7) is 2.09. The van der Waals surface area contributed by atoms with Crippen LogP contribution in [0.2, 0.25) is 0 Å². The first-order valence-electron chi connectivity index (χ1n) is 26.5. The number of amides is 3. The molecule has 0 aromatic heterocycles. The molecule has 0 aromatic rings. The van der Waals surface area contributed by atoms with Crippen molar-refractivity contribution in [2.45, 2.75) is 242 Å². The van der Waals surface area contributed by atoms with Gasteiger partial charge in [-0.15, -0.1) is 0 Å². The third kappa shape index (κ3) is 33.2. The van der Waals surface area contributed by atoms with Gasteiger partial charge in [-0.05, 0) is 83.5 Å².